The molecular weight excluding hydrogens is 1070 g/mol. The molecule has 1 atom stereocenters. The maximum absolute atomic E-state index is 13.5. The number of benzene rings is 6. The average Bonchev–Trinajstić information content (AvgIpc) is 3.64. The zero-order valence-corrected chi connectivity index (χ0v) is 42.6. The smallest absolute Gasteiger partial charge is 0.305 e. The number of imide groups is 2. The van der Waals surface area contributed by atoms with Gasteiger partial charge in [-0.3, -0.25) is 9.59 Å². The fourth-order valence-electron chi connectivity index (χ4n) is 8.14. The molecule has 0 spiro atoms. The van der Waals surface area contributed by atoms with E-state index in [2.05, 4.69) is 0 Å². The molecule has 23 heteroatoms. The van der Waals surface area contributed by atoms with Crippen molar-refractivity contribution in [1.82, 2.24) is 9.80 Å². The van der Waals surface area contributed by atoms with Crippen LogP contribution in [-0.4, -0.2) is 57.4 Å². The summed E-state index contributed by atoms with van der Waals surface area (Å²) in [5.74, 6) is -1.54. The lowest BCUT2D eigenvalue weighted by Crippen LogP contribution is -2.43. The SMILES string of the molecule is CC1(C)C(=O)N(c2ccc(C#N)c(C(F)(F)F)c2)C(=O)N1Cc1ccccc1S(=O)(=O)c1ccc(Cl)cc1.CC1(C)C(=O)N(c2ccc(C#N)c(C(F)(F)F)c2)C(=O)N1Cc1ccccc1S(=O)c1ccc(Cl)cc1. The topological polar surface area (TPSA) is 180 Å². The number of carbonyl (C=O) groups is 4. The summed E-state index contributed by atoms with van der Waals surface area (Å²) in [4.78, 5) is 57.8. The molecule has 2 fully saturated rings. The molecule has 2 saturated heterocycles. The monoisotopic (exact) mass is 1110 g/mol. The third-order valence-electron chi connectivity index (χ3n) is 12.3. The van der Waals surface area contributed by atoms with Crippen molar-refractivity contribution < 1.29 is 58.1 Å². The molecule has 1 unspecified atom stereocenters. The van der Waals surface area contributed by atoms with Gasteiger partial charge >= 0.3 is 24.4 Å². The summed E-state index contributed by atoms with van der Waals surface area (Å²) in [7, 11) is -5.67. The lowest BCUT2D eigenvalue weighted by atomic mass is 10.0. The molecule has 6 amide bonds. The van der Waals surface area contributed by atoms with Crippen molar-refractivity contribution >= 4 is 79.1 Å². The Labute approximate surface area is 438 Å². The van der Waals surface area contributed by atoms with Gasteiger partial charge in [0.25, 0.3) is 11.8 Å². The Kier molecular flexibility index (Phi) is 15.2. The number of alkyl halides is 6. The van der Waals surface area contributed by atoms with Crippen molar-refractivity contribution in [2.24, 2.45) is 0 Å². The van der Waals surface area contributed by atoms with Crippen LogP contribution in [0.3, 0.4) is 0 Å². The molecule has 13 nitrogen and oxygen atoms in total. The number of amides is 6. The number of hydrogen-bond acceptors (Lipinski definition) is 9. The molecule has 2 heterocycles. The van der Waals surface area contributed by atoms with E-state index in [4.69, 9.17) is 33.7 Å². The van der Waals surface area contributed by atoms with Crippen molar-refractivity contribution in [3.05, 3.63) is 177 Å². The van der Waals surface area contributed by atoms with Gasteiger partial charge in [0.2, 0.25) is 9.84 Å². The van der Waals surface area contributed by atoms with Crippen LogP contribution in [0.5, 0.6) is 0 Å². The molecule has 75 heavy (non-hydrogen) atoms. The normalized spacial score (nSPS) is 15.9. The van der Waals surface area contributed by atoms with Gasteiger partial charge in [-0.15, -0.1) is 0 Å². The summed E-state index contributed by atoms with van der Waals surface area (Å²) in [6, 6.07) is 31.0. The summed E-state index contributed by atoms with van der Waals surface area (Å²) in [5, 5.41) is 18.9. The average molecular weight is 1110 g/mol. The minimum absolute atomic E-state index is 0.0312. The first kappa shape index (κ1) is 55.2. The zero-order valence-electron chi connectivity index (χ0n) is 39.5. The van der Waals surface area contributed by atoms with Crippen LogP contribution in [0.25, 0.3) is 0 Å². The van der Waals surface area contributed by atoms with Crippen LogP contribution in [0.15, 0.2) is 153 Å². The largest absolute Gasteiger partial charge is 0.417 e. The van der Waals surface area contributed by atoms with Gasteiger partial charge in [-0.05, 0) is 136 Å². The van der Waals surface area contributed by atoms with E-state index in [1.54, 1.807) is 54.6 Å². The number of carbonyl (C=O) groups excluding carboxylic acids is 4. The molecule has 2 aliphatic rings. The van der Waals surface area contributed by atoms with Crippen molar-refractivity contribution in [2.75, 3.05) is 9.80 Å². The van der Waals surface area contributed by atoms with E-state index < -0.39 is 90.2 Å². The molecule has 0 saturated carbocycles. The third-order valence-corrected chi connectivity index (χ3v) is 16.1. The summed E-state index contributed by atoms with van der Waals surface area (Å²) in [6.45, 7) is 5.36. The first-order valence-electron chi connectivity index (χ1n) is 21.9. The number of halogens is 8. The Morgan fingerprint density at radius 1 is 0.573 bits per heavy atom. The van der Waals surface area contributed by atoms with Crippen LogP contribution >= 0.6 is 23.2 Å². The lowest BCUT2D eigenvalue weighted by Gasteiger charge is -2.28. The molecule has 0 aliphatic carbocycles. The Morgan fingerprint density at radius 2 is 0.973 bits per heavy atom. The maximum Gasteiger partial charge on any atom is 0.417 e. The van der Waals surface area contributed by atoms with Crippen molar-refractivity contribution in [1.29, 1.82) is 10.5 Å². The fraction of sp³-hybridized carbons (Fsp3) is 0.192. The first-order chi connectivity index (χ1) is 35.0. The van der Waals surface area contributed by atoms with Crippen molar-refractivity contribution in [2.45, 2.75) is 83.8 Å². The second-order valence-corrected chi connectivity index (χ2v) is 22.0. The van der Waals surface area contributed by atoms with E-state index in [0.29, 0.717) is 47.3 Å². The second kappa shape index (κ2) is 20.6. The molecule has 0 bridgehead atoms. The van der Waals surface area contributed by atoms with E-state index in [9.17, 15) is 58.1 Å². The van der Waals surface area contributed by atoms with Gasteiger partial charge in [-0.2, -0.15) is 36.9 Å². The minimum Gasteiger partial charge on any atom is -0.305 e. The highest BCUT2D eigenvalue weighted by molar-refractivity contribution is 7.91. The van der Waals surface area contributed by atoms with E-state index in [1.165, 1.54) is 87.2 Å². The molecule has 0 radical (unpaired) electrons. The Hall–Kier alpha value is -7.56. The van der Waals surface area contributed by atoms with Gasteiger partial charge in [0, 0.05) is 32.9 Å². The van der Waals surface area contributed by atoms with Crippen LogP contribution in [0.1, 0.15) is 61.1 Å². The molecule has 2 aliphatic heterocycles. The Bertz CT molecular complexity index is 3530. The number of rotatable bonds is 10. The van der Waals surface area contributed by atoms with Gasteiger partial charge in [0.05, 0.1) is 66.4 Å². The van der Waals surface area contributed by atoms with Crippen LogP contribution in [-0.2, 0) is 55.7 Å². The highest BCUT2D eigenvalue weighted by atomic mass is 35.5. The number of anilines is 2. The standard InChI is InChI=1S/C26H19ClF3N3O4S.C26H19ClF3N3O3S/c1-25(2)23(34)33(19-10-7-16(14-31)21(13-19)26(28,29)30)24(35)32(25)15-17-5-3-4-6-22(17)38(36,37)20-11-8-18(27)9-12-20;1-25(2)23(34)33(19-10-7-16(14-31)21(13-19)26(28,29)30)24(35)32(25)15-17-5-3-4-6-22(17)37(36)20-11-8-18(27)9-12-20/h3-13H,15H2,1-2H3;3-13H,15H2,1-2H3. The number of nitrogens with zero attached hydrogens (tertiary/aromatic N) is 6. The first-order valence-corrected chi connectivity index (χ1v) is 25.3. The number of urea groups is 2. The van der Waals surface area contributed by atoms with Gasteiger partial charge in [0.15, 0.2) is 0 Å². The number of sulfone groups is 1. The second-order valence-electron chi connectivity index (χ2n) is 17.7. The minimum atomic E-state index is -4.89. The lowest BCUT2D eigenvalue weighted by molar-refractivity contribution is -0.138. The molecular formula is C52H38Cl2F6N6O7S2. The third kappa shape index (κ3) is 10.7. The molecule has 8 rings (SSSR count). The summed E-state index contributed by atoms with van der Waals surface area (Å²) in [5.41, 5.74) is -6.70. The van der Waals surface area contributed by atoms with Crippen LogP contribution in [0, 0.1) is 22.7 Å². The van der Waals surface area contributed by atoms with Crippen LogP contribution in [0.2, 0.25) is 10.0 Å². The van der Waals surface area contributed by atoms with Crippen LogP contribution < -0.4 is 9.80 Å². The highest BCUT2D eigenvalue weighted by Crippen LogP contribution is 2.41. The van der Waals surface area contributed by atoms with Crippen molar-refractivity contribution in [3.63, 3.8) is 0 Å². The predicted molar refractivity (Wildman–Crippen MR) is 263 cm³/mol. The Balaban J connectivity index is 0.000000219. The van der Waals surface area contributed by atoms with Gasteiger partial charge in [0.1, 0.15) is 11.1 Å². The zero-order chi connectivity index (χ0) is 55.2. The summed E-state index contributed by atoms with van der Waals surface area (Å²) in [6.07, 6.45) is -9.75. The molecule has 386 valence electrons. The van der Waals surface area contributed by atoms with Gasteiger partial charge < -0.3 is 9.80 Å². The van der Waals surface area contributed by atoms with Crippen molar-refractivity contribution in [3.8, 4) is 12.1 Å². The molecule has 0 aromatic heterocycles. The predicted octanol–water partition coefficient (Wildman–Crippen LogP) is 12.0. The molecule has 6 aromatic rings. The summed E-state index contributed by atoms with van der Waals surface area (Å²) < 4.78 is 121. The van der Waals surface area contributed by atoms with Crippen LogP contribution in [0.4, 0.5) is 47.3 Å². The van der Waals surface area contributed by atoms with E-state index >= 15 is 0 Å². The van der Waals surface area contributed by atoms with E-state index in [-0.39, 0.29) is 39.8 Å². The van der Waals surface area contributed by atoms with E-state index in [1.807, 2.05) is 0 Å². The van der Waals surface area contributed by atoms with Gasteiger partial charge in [-0.1, -0.05) is 59.6 Å². The molecule has 0 N–H and O–H groups in total. The fourth-order valence-corrected chi connectivity index (χ4v) is 11.1. The van der Waals surface area contributed by atoms with E-state index in [0.717, 1.165) is 29.2 Å². The quantitative estimate of drug-likeness (QED) is 0.0953. The molecule has 6 aromatic carbocycles. The highest BCUT2D eigenvalue weighted by Gasteiger charge is 2.54. The van der Waals surface area contributed by atoms with Gasteiger partial charge in [-0.25, -0.2) is 32.0 Å². The number of hydrogen-bond donors (Lipinski definition) is 0. The Morgan fingerprint density at radius 3 is 1.41 bits per heavy atom. The maximum atomic E-state index is 13.5. The summed E-state index contributed by atoms with van der Waals surface area (Å²) >= 11 is 11.8. The number of nitriles is 2.